The molecule has 0 aromatic heterocycles. The maximum Gasteiger partial charge on any atom is 0.312 e. The number of hydrogen-bond donors (Lipinski definition) is 4. The fourth-order valence-electron chi connectivity index (χ4n) is 2.17. The molecular weight excluding hydrogens is 258 g/mol. The fraction of sp³-hybridized carbons (Fsp3) is 0.429. The van der Waals surface area contributed by atoms with Crippen molar-refractivity contribution < 1.29 is 14.7 Å². The number of nitrogens with one attached hydrogen (secondary N) is 2. The molecule has 1 fully saturated rings. The normalized spacial score (nSPS) is 20.9. The first-order valence-electron chi connectivity index (χ1n) is 6.63. The van der Waals surface area contributed by atoms with Gasteiger partial charge in [-0.2, -0.15) is 0 Å². The van der Waals surface area contributed by atoms with Crippen molar-refractivity contribution in [1.29, 1.82) is 0 Å². The molecule has 0 radical (unpaired) electrons. The van der Waals surface area contributed by atoms with Gasteiger partial charge in [0.25, 0.3) is 5.91 Å². The SMILES string of the molecule is NC(=O)NCc1ccc(C(=O)NCC2CC(O)C2)cc1. The van der Waals surface area contributed by atoms with Gasteiger partial charge in [0.2, 0.25) is 0 Å². The quantitative estimate of drug-likeness (QED) is 0.624. The van der Waals surface area contributed by atoms with Crippen LogP contribution in [-0.4, -0.2) is 29.7 Å². The first kappa shape index (κ1) is 14.3. The maximum absolute atomic E-state index is 11.9. The highest BCUT2D eigenvalue weighted by atomic mass is 16.3. The predicted molar refractivity (Wildman–Crippen MR) is 73.9 cm³/mol. The second-order valence-electron chi connectivity index (χ2n) is 5.12. The summed E-state index contributed by atoms with van der Waals surface area (Å²) < 4.78 is 0. The summed E-state index contributed by atoms with van der Waals surface area (Å²) in [6.45, 7) is 0.943. The van der Waals surface area contributed by atoms with E-state index in [-0.39, 0.29) is 12.0 Å². The van der Waals surface area contributed by atoms with Gasteiger partial charge in [-0.3, -0.25) is 4.79 Å². The Morgan fingerprint density at radius 2 is 1.85 bits per heavy atom. The number of urea groups is 1. The molecule has 6 heteroatoms. The number of amides is 3. The third-order valence-electron chi connectivity index (χ3n) is 3.44. The van der Waals surface area contributed by atoms with Gasteiger partial charge in [-0.05, 0) is 36.5 Å². The molecular formula is C14H19N3O3. The first-order valence-corrected chi connectivity index (χ1v) is 6.63. The Balaban J connectivity index is 1.79. The molecule has 1 saturated carbocycles. The number of aliphatic hydroxyl groups is 1. The van der Waals surface area contributed by atoms with Crippen molar-refractivity contribution in [2.75, 3.05) is 6.54 Å². The molecule has 108 valence electrons. The lowest BCUT2D eigenvalue weighted by Gasteiger charge is -2.31. The molecule has 1 aromatic carbocycles. The number of primary amides is 1. The van der Waals surface area contributed by atoms with Crippen LogP contribution in [0.1, 0.15) is 28.8 Å². The summed E-state index contributed by atoms with van der Waals surface area (Å²) in [6, 6.07) is 6.40. The number of hydrogen-bond acceptors (Lipinski definition) is 3. The third kappa shape index (κ3) is 3.96. The number of nitrogens with two attached hydrogens (primary N) is 1. The summed E-state index contributed by atoms with van der Waals surface area (Å²) in [7, 11) is 0. The zero-order valence-corrected chi connectivity index (χ0v) is 11.1. The van der Waals surface area contributed by atoms with E-state index in [4.69, 9.17) is 10.8 Å². The minimum absolute atomic E-state index is 0.124. The number of benzene rings is 1. The lowest BCUT2D eigenvalue weighted by atomic mass is 9.82. The average Bonchev–Trinajstić information content (AvgIpc) is 2.40. The summed E-state index contributed by atoms with van der Waals surface area (Å²) in [5.74, 6) is 0.258. The van der Waals surface area contributed by atoms with E-state index in [9.17, 15) is 9.59 Å². The maximum atomic E-state index is 11.9. The summed E-state index contributed by atoms with van der Waals surface area (Å²) in [5.41, 5.74) is 6.44. The Hall–Kier alpha value is -2.08. The number of rotatable bonds is 5. The average molecular weight is 277 g/mol. The van der Waals surface area contributed by atoms with E-state index in [1.807, 2.05) is 0 Å². The molecule has 0 saturated heterocycles. The molecule has 2 rings (SSSR count). The lowest BCUT2D eigenvalue weighted by Crippen LogP contribution is -2.38. The van der Waals surface area contributed by atoms with E-state index in [1.54, 1.807) is 24.3 Å². The van der Waals surface area contributed by atoms with Crippen LogP contribution in [0.3, 0.4) is 0 Å². The van der Waals surface area contributed by atoms with E-state index in [2.05, 4.69) is 10.6 Å². The van der Waals surface area contributed by atoms with Crippen LogP contribution >= 0.6 is 0 Å². The van der Waals surface area contributed by atoms with Gasteiger partial charge in [0.15, 0.2) is 0 Å². The summed E-state index contributed by atoms with van der Waals surface area (Å²) >= 11 is 0. The second-order valence-corrected chi connectivity index (χ2v) is 5.12. The highest BCUT2D eigenvalue weighted by molar-refractivity contribution is 5.94. The third-order valence-corrected chi connectivity index (χ3v) is 3.44. The minimum atomic E-state index is -0.575. The van der Waals surface area contributed by atoms with E-state index < -0.39 is 6.03 Å². The molecule has 20 heavy (non-hydrogen) atoms. The van der Waals surface area contributed by atoms with Crippen molar-refractivity contribution in [2.45, 2.75) is 25.5 Å². The van der Waals surface area contributed by atoms with Crippen molar-refractivity contribution in [3.8, 4) is 0 Å². The van der Waals surface area contributed by atoms with Crippen LogP contribution in [0.2, 0.25) is 0 Å². The summed E-state index contributed by atoms with van der Waals surface area (Å²) in [4.78, 5) is 22.5. The van der Waals surface area contributed by atoms with Crippen LogP contribution in [0.4, 0.5) is 4.79 Å². The summed E-state index contributed by atoms with van der Waals surface area (Å²) in [5, 5.41) is 14.5. The number of aliphatic hydroxyl groups excluding tert-OH is 1. The molecule has 0 aliphatic heterocycles. The van der Waals surface area contributed by atoms with Crippen molar-refractivity contribution in [3.05, 3.63) is 35.4 Å². The highest BCUT2D eigenvalue weighted by Crippen LogP contribution is 2.26. The zero-order chi connectivity index (χ0) is 14.5. The van der Waals surface area contributed by atoms with Gasteiger partial charge in [0, 0.05) is 18.7 Å². The van der Waals surface area contributed by atoms with Crippen LogP contribution < -0.4 is 16.4 Å². The molecule has 0 heterocycles. The number of carbonyl (C=O) groups excluding carboxylic acids is 2. The Labute approximate surface area is 117 Å². The zero-order valence-electron chi connectivity index (χ0n) is 11.1. The lowest BCUT2D eigenvalue weighted by molar-refractivity contribution is 0.0420. The van der Waals surface area contributed by atoms with Crippen molar-refractivity contribution in [3.63, 3.8) is 0 Å². The van der Waals surface area contributed by atoms with Crippen LogP contribution in [0.15, 0.2) is 24.3 Å². The molecule has 0 spiro atoms. The molecule has 1 aliphatic carbocycles. The van der Waals surface area contributed by atoms with Gasteiger partial charge >= 0.3 is 6.03 Å². The van der Waals surface area contributed by atoms with Gasteiger partial charge in [0.1, 0.15) is 0 Å². The predicted octanol–water partition coefficient (Wildman–Crippen LogP) is 0.356. The van der Waals surface area contributed by atoms with Crippen LogP contribution in [0.5, 0.6) is 0 Å². The highest BCUT2D eigenvalue weighted by Gasteiger charge is 2.27. The Morgan fingerprint density at radius 1 is 1.20 bits per heavy atom. The standard InChI is InChI=1S/C14H19N3O3/c15-14(20)17-7-9-1-3-11(4-2-9)13(19)16-8-10-5-12(18)6-10/h1-4,10,12,18H,5-8H2,(H,16,19)(H3,15,17,20). The molecule has 5 N–H and O–H groups in total. The van der Waals surface area contributed by atoms with Crippen molar-refractivity contribution >= 4 is 11.9 Å². The fourth-order valence-corrected chi connectivity index (χ4v) is 2.17. The van der Waals surface area contributed by atoms with Crippen LogP contribution in [0, 0.1) is 5.92 Å². The second kappa shape index (κ2) is 6.38. The Bertz CT molecular complexity index is 481. The van der Waals surface area contributed by atoms with Crippen molar-refractivity contribution in [1.82, 2.24) is 10.6 Å². The van der Waals surface area contributed by atoms with Gasteiger partial charge in [-0.25, -0.2) is 4.79 Å². The van der Waals surface area contributed by atoms with E-state index in [0.717, 1.165) is 18.4 Å². The van der Waals surface area contributed by atoms with Gasteiger partial charge in [-0.1, -0.05) is 12.1 Å². The smallest absolute Gasteiger partial charge is 0.312 e. The largest absolute Gasteiger partial charge is 0.393 e. The molecule has 0 unspecified atom stereocenters. The Kier molecular flexibility index (Phi) is 4.57. The minimum Gasteiger partial charge on any atom is -0.393 e. The first-order chi connectivity index (χ1) is 9.54. The molecule has 0 bridgehead atoms. The van der Waals surface area contributed by atoms with Gasteiger partial charge in [-0.15, -0.1) is 0 Å². The number of carbonyl (C=O) groups is 2. The van der Waals surface area contributed by atoms with Gasteiger partial charge in [0.05, 0.1) is 6.10 Å². The van der Waals surface area contributed by atoms with Crippen LogP contribution in [-0.2, 0) is 6.54 Å². The summed E-state index contributed by atoms with van der Waals surface area (Å²) in [6.07, 6.45) is 1.32. The van der Waals surface area contributed by atoms with E-state index >= 15 is 0 Å². The monoisotopic (exact) mass is 277 g/mol. The van der Waals surface area contributed by atoms with Crippen LogP contribution in [0.25, 0.3) is 0 Å². The molecule has 0 atom stereocenters. The topological polar surface area (TPSA) is 104 Å². The molecule has 1 aliphatic rings. The molecule has 3 amide bonds. The van der Waals surface area contributed by atoms with Gasteiger partial charge < -0.3 is 21.5 Å². The molecule has 6 nitrogen and oxygen atoms in total. The molecule has 1 aromatic rings. The van der Waals surface area contributed by atoms with E-state index in [0.29, 0.717) is 24.6 Å². The van der Waals surface area contributed by atoms with Crippen molar-refractivity contribution in [2.24, 2.45) is 11.7 Å². The van der Waals surface area contributed by atoms with E-state index in [1.165, 1.54) is 0 Å². The Morgan fingerprint density at radius 3 is 2.40 bits per heavy atom.